The number of anilines is 1. The van der Waals surface area contributed by atoms with Gasteiger partial charge in [-0.05, 0) is 51.5 Å². The van der Waals surface area contributed by atoms with Crippen LogP contribution in [-0.4, -0.2) is 17.4 Å². The van der Waals surface area contributed by atoms with Gasteiger partial charge in [-0.2, -0.15) is 0 Å². The molecule has 7 heteroatoms. The first-order valence-corrected chi connectivity index (χ1v) is 11.5. The van der Waals surface area contributed by atoms with E-state index in [1.165, 1.54) is 0 Å². The minimum atomic E-state index is -0.317. The SMILES string of the molecule is CCNC(=O)c1nc(Cl)ccc1N[C@H](C)c1cc(C)cc2c(=O)c(C)c(-c3ccccc3)oc12. The molecule has 1 atom stereocenters. The van der Waals surface area contributed by atoms with Crippen LogP contribution in [0.2, 0.25) is 5.15 Å². The molecule has 0 saturated carbocycles. The topological polar surface area (TPSA) is 84.2 Å². The van der Waals surface area contributed by atoms with Crippen molar-refractivity contribution in [2.75, 3.05) is 11.9 Å². The van der Waals surface area contributed by atoms with Gasteiger partial charge in [0.1, 0.15) is 16.5 Å². The zero-order valence-corrected chi connectivity index (χ0v) is 20.3. The molecule has 2 aromatic carbocycles. The van der Waals surface area contributed by atoms with Gasteiger partial charge in [0.2, 0.25) is 0 Å². The highest BCUT2D eigenvalue weighted by Crippen LogP contribution is 2.32. The Morgan fingerprint density at radius 1 is 1.12 bits per heavy atom. The fourth-order valence-electron chi connectivity index (χ4n) is 4.03. The average molecular weight is 476 g/mol. The van der Waals surface area contributed by atoms with Crippen LogP contribution in [0.4, 0.5) is 5.69 Å². The van der Waals surface area contributed by atoms with Crippen molar-refractivity contribution in [3.05, 3.63) is 92.4 Å². The Morgan fingerprint density at radius 3 is 2.56 bits per heavy atom. The first-order chi connectivity index (χ1) is 16.3. The highest BCUT2D eigenvalue weighted by atomic mass is 35.5. The number of carbonyl (C=O) groups excluding carboxylic acids is 1. The molecule has 0 fully saturated rings. The quantitative estimate of drug-likeness (QED) is 0.332. The Bertz CT molecular complexity index is 1430. The maximum atomic E-state index is 13.3. The molecule has 174 valence electrons. The average Bonchev–Trinajstić information content (AvgIpc) is 2.83. The molecule has 2 heterocycles. The summed E-state index contributed by atoms with van der Waals surface area (Å²) >= 11 is 6.05. The number of aryl methyl sites for hydroxylation is 1. The molecule has 0 radical (unpaired) electrons. The highest BCUT2D eigenvalue weighted by molar-refractivity contribution is 6.29. The first-order valence-electron chi connectivity index (χ1n) is 11.1. The van der Waals surface area contributed by atoms with Crippen molar-refractivity contribution in [3.8, 4) is 11.3 Å². The van der Waals surface area contributed by atoms with Crippen molar-refractivity contribution in [2.45, 2.75) is 33.7 Å². The molecule has 2 N–H and O–H groups in total. The molecule has 0 aliphatic rings. The van der Waals surface area contributed by atoms with Crippen LogP contribution >= 0.6 is 11.6 Å². The fraction of sp³-hybridized carbons (Fsp3) is 0.222. The lowest BCUT2D eigenvalue weighted by Gasteiger charge is -2.20. The summed E-state index contributed by atoms with van der Waals surface area (Å²) in [5.41, 5.74) is 4.35. The number of hydrogen-bond acceptors (Lipinski definition) is 5. The lowest BCUT2D eigenvalue weighted by molar-refractivity contribution is 0.0951. The Hall–Kier alpha value is -3.64. The summed E-state index contributed by atoms with van der Waals surface area (Å²) in [5, 5.41) is 6.88. The van der Waals surface area contributed by atoms with E-state index in [4.69, 9.17) is 16.0 Å². The summed E-state index contributed by atoms with van der Waals surface area (Å²) < 4.78 is 6.38. The van der Waals surface area contributed by atoms with E-state index in [0.29, 0.717) is 34.5 Å². The van der Waals surface area contributed by atoms with Crippen molar-refractivity contribution < 1.29 is 9.21 Å². The van der Waals surface area contributed by atoms with Crippen molar-refractivity contribution in [3.63, 3.8) is 0 Å². The lowest BCUT2D eigenvalue weighted by Crippen LogP contribution is -2.25. The second-order valence-electron chi connectivity index (χ2n) is 8.24. The van der Waals surface area contributed by atoms with Crippen molar-refractivity contribution in [1.29, 1.82) is 0 Å². The molecule has 4 aromatic rings. The van der Waals surface area contributed by atoms with E-state index in [9.17, 15) is 9.59 Å². The maximum absolute atomic E-state index is 13.3. The van der Waals surface area contributed by atoms with Gasteiger partial charge in [0.05, 0.1) is 17.1 Å². The Labute approximate surface area is 203 Å². The van der Waals surface area contributed by atoms with Crippen LogP contribution in [0.5, 0.6) is 0 Å². The summed E-state index contributed by atoms with van der Waals surface area (Å²) in [7, 11) is 0. The third kappa shape index (κ3) is 4.54. The number of rotatable bonds is 6. The molecule has 0 saturated heterocycles. The molecule has 6 nitrogen and oxygen atoms in total. The van der Waals surface area contributed by atoms with E-state index in [-0.39, 0.29) is 28.2 Å². The van der Waals surface area contributed by atoms with Crippen LogP contribution in [0, 0.1) is 13.8 Å². The number of nitrogens with one attached hydrogen (secondary N) is 2. The molecule has 1 amide bonds. The third-order valence-electron chi connectivity index (χ3n) is 5.68. The predicted octanol–water partition coefficient (Wildman–Crippen LogP) is 6.05. The highest BCUT2D eigenvalue weighted by Gasteiger charge is 2.21. The van der Waals surface area contributed by atoms with Gasteiger partial charge in [-0.3, -0.25) is 9.59 Å². The molecule has 0 bridgehead atoms. The second kappa shape index (κ2) is 9.69. The van der Waals surface area contributed by atoms with E-state index in [1.807, 2.05) is 63.2 Å². The molecule has 2 aromatic heterocycles. The predicted molar refractivity (Wildman–Crippen MR) is 137 cm³/mol. The molecule has 4 rings (SSSR count). The van der Waals surface area contributed by atoms with E-state index >= 15 is 0 Å². The first kappa shape index (κ1) is 23.5. The van der Waals surface area contributed by atoms with E-state index in [2.05, 4.69) is 15.6 Å². The number of fused-ring (bicyclic) bond motifs is 1. The van der Waals surface area contributed by atoms with Crippen molar-refractivity contribution in [2.24, 2.45) is 0 Å². The normalized spacial score (nSPS) is 11.9. The van der Waals surface area contributed by atoms with Crippen LogP contribution in [-0.2, 0) is 0 Å². The molecule has 34 heavy (non-hydrogen) atoms. The van der Waals surface area contributed by atoms with Gasteiger partial charge in [0.15, 0.2) is 11.1 Å². The zero-order valence-electron chi connectivity index (χ0n) is 19.5. The van der Waals surface area contributed by atoms with E-state index < -0.39 is 0 Å². The Kier molecular flexibility index (Phi) is 6.70. The Morgan fingerprint density at radius 2 is 1.85 bits per heavy atom. The number of carbonyl (C=O) groups is 1. The van der Waals surface area contributed by atoms with Crippen molar-refractivity contribution in [1.82, 2.24) is 10.3 Å². The Balaban J connectivity index is 1.84. The largest absolute Gasteiger partial charge is 0.455 e. The van der Waals surface area contributed by atoms with Gasteiger partial charge in [0, 0.05) is 23.2 Å². The molecule has 0 unspecified atom stereocenters. The summed E-state index contributed by atoms with van der Waals surface area (Å²) in [5.74, 6) is 0.230. The summed E-state index contributed by atoms with van der Waals surface area (Å²) in [6.07, 6.45) is 0. The van der Waals surface area contributed by atoms with Crippen LogP contribution in [0.25, 0.3) is 22.3 Å². The summed E-state index contributed by atoms with van der Waals surface area (Å²) in [4.78, 5) is 30.1. The van der Waals surface area contributed by atoms with Gasteiger partial charge in [-0.25, -0.2) is 4.98 Å². The number of amides is 1. The smallest absolute Gasteiger partial charge is 0.272 e. The second-order valence-corrected chi connectivity index (χ2v) is 8.63. The van der Waals surface area contributed by atoms with E-state index in [0.717, 1.165) is 16.7 Å². The number of aromatic nitrogens is 1. The van der Waals surface area contributed by atoms with Gasteiger partial charge in [-0.1, -0.05) is 48.0 Å². The van der Waals surface area contributed by atoms with Gasteiger partial charge in [0.25, 0.3) is 5.91 Å². The molecular weight excluding hydrogens is 450 g/mol. The minimum Gasteiger partial charge on any atom is -0.455 e. The molecular formula is C27H26ClN3O3. The molecule has 0 spiro atoms. The number of benzene rings is 2. The van der Waals surface area contributed by atoms with Crippen molar-refractivity contribution >= 4 is 34.2 Å². The minimum absolute atomic E-state index is 0.0616. The third-order valence-corrected chi connectivity index (χ3v) is 5.89. The summed E-state index contributed by atoms with van der Waals surface area (Å²) in [6, 6.07) is 16.5. The fourth-order valence-corrected chi connectivity index (χ4v) is 4.18. The van der Waals surface area contributed by atoms with Crippen LogP contribution in [0.3, 0.4) is 0 Å². The van der Waals surface area contributed by atoms with Gasteiger partial charge >= 0.3 is 0 Å². The van der Waals surface area contributed by atoms with Gasteiger partial charge < -0.3 is 15.1 Å². The van der Waals surface area contributed by atoms with E-state index in [1.54, 1.807) is 19.1 Å². The van der Waals surface area contributed by atoms with Crippen LogP contribution in [0.15, 0.2) is 63.8 Å². The van der Waals surface area contributed by atoms with Crippen LogP contribution in [0.1, 0.15) is 47.1 Å². The number of pyridine rings is 1. The monoisotopic (exact) mass is 475 g/mol. The summed E-state index contributed by atoms with van der Waals surface area (Å²) in [6.45, 7) is 7.99. The number of halogens is 1. The lowest BCUT2D eigenvalue weighted by atomic mass is 9.98. The maximum Gasteiger partial charge on any atom is 0.272 e. The molecule has 0 aliphatic carbocycles. The van der Waals surface area contributed by atoms with Gasteiger partial charge in [-0.15, -0.1) is 0 Å². The van der Waals surface area contributed by atoms with Crippen LogP contribution < -0.4 is 16.1 Å². The standard InChI is InChI=1S/C27H26ClN3O3/c1-5-29-27(33)23-21(11-12-22(28)31-23)30-17(4)19-13-15(2)14-20-24(32)16(3)25(34-26(19)20)18-9-7-6-8-10-18/h6-14,17,30H,5H2,1-4H3,(H,29,33)/t17-/m1/s1. The molecule has 0 aliphatic heterocycles. The number of hydrogen-bond donors (Lipinski definition) is 2. The number of nitrogens with zero attached hydrogens (tertiary/aromatic N) is 1. The zero-order chi connectivity index (χ0) is 24.4.